The molecule has 1 aromatic heterocycles. The molecular formula is C15H18N6O3. The fourth-order valence-corrected chi connectivity index (χ4v) is 2.75. The molecular weight excluding hydrogens is 312 g/mol. The van der Waals surface area contributed by atoms with Gasteiger partial charge in [0, 0.05) is 24.7 Å². The zero-order valence-corrected chi connectivity index (χ0v) is 13.2. The Bertz CT molecular complexity index is 766. The SMILES string of the molecule is Cc1c(C(=O)NCC2CCCN2)nnn1-c1cccc([N+](=O)[O-])c1. The first-order chi connectivity index (χ1) is 11.6. The molecule has 1 unspecified atom stereocenters. The van der Waals surface area contributed by atoms with Gasteiger partial charge in [-0.15, -0.1) is 5.10 Å². The van der Waals surface area contributed by atoms with E-state index in [4.69, 9.17) is 0 Å². The molecule has 1 saturated heterocycles. The Morgan fingerprint density at radius 1 is 1.54 bits per heavy atom. The molecule has 2 N–H and O–H groups in total. The number of carbonyl (C=O) groups excluding carboxylic acids is 1. The van der Waals surface area contributed by atoms with Crippen molar-refractivity contribution in [2.45, 2.75) is 25.8 Å². The van der Waals surface area contributed by atoms with Crippen LogP contribution in [-0.2, 0) is 0 Å². The Morgan fingerprint density at radius 3 is 3.08 bits per heavy atom. The maximum absolute atomic E-state index is 12.3. The van der Waals surface area contributed by atoms with E-state index >= 15 is 0 Å². The van der Waals surface area contributed by atoms with Gasteiger partial charge in [0.2, 0.25) is 0 Å². The van der Waals surface area contributed by atoms with Crippen LogP contribution in [0, 0.1) is 17.0 Å². The van der Waals surface area contributed by atoms with Crippen LogP contribution in [0.5, 0.6) is 0 Å². The Morgan fingerprint density at radius 2 is 2.38 bits per heavy atom. The van der Waals surface area contributed by atoms with Gasteiger partial charge in [-0.1, -0.05) is 11.3 Å². The van der Waals surface area contributed by atoms with Crippen LogP contribution in [0.4, 0.5) is 5.69 Å². The third-order valence-electron chi connectivity index (χ3n) is 4.07. The Balaban J connectivity index is 1.76. The van der Waals surface area contributed by atoms with E-state index in [0.29, 0.717) is 24.0 Å². The lowest BCUT2D eigenvalue weighted by molar-refractivity contribution is -0.384. The summed E-state index contributed by atoms with van der Waals surface area (Å²) in [5.41, 5.74) is 1.21. The van der Waals surface area contributed by atoms with Gasteiger partial charge in [-0.3, -0.25) is 14.9 Å². The van der Waals surface area contributed by atoms with Crippen LogP contribution < -0.4 is 10.6 Å². The lowest BCUT2D eigenvalue weighted by Crippen LogP contribution is -2.37. The molecule has 3 rings (SSSR count). The van der Waals surface area contributed by atoms with E-state index in [-0.39, 0.29) is 17.3 Å². The number of nitro groups is 1. The molecule has 9 nitrogen and oxygen atoms in total. The van der Waals surface area contributed by atoms with Crippen molar-refractivity contribution in [3.05, 3.63) is 45.8 Å². The molecule has 1 amide bonds. The third kappa shape index (κ3) is 3.25. The highest BCUT2D eigenvalue weighted by Crippen LogP contribution is 2.18. The molecule has 0 spiro atoms. The molecule has 1 aliphatic heterocycles. The van der Waals surface area contributed by atoms with Gasteiger partial charge in [0.1, 0.15) is 0 Å². The maximum atomic E-state index is 12.3. The van der Waals surface area contributed by atoms with Crippen molar-refractivity contribution in [3.63, 3.8) is 0 Å². The summed E-state index contributed by atoms with van der Waals surface area (Å²) in [5.74, 6) is -0.294. The molecule has 1 atom stereocenters. The summed E-state index contributed by atoms with van der Waals surface area (Å²) in [6.07, 6.45) is 2.15. The second-order valence-electron chi connectivity index (χ2n) is 5.72. The fourth-order valence-electron chi connectivity index (χ4n) is 2.75. The number of amides is 1. The van der Waals surface area contributed by atoms with E-state index in [0.717, 1.165) is 19.4 Å². The lowest BCUT2D eigenvalue weighted by atomic mass is 10.2. The minimum Gasteiger partial charge on any atom is -0.349 e. The van der Waals surface area contributed by atoms with Gasteiger partial charge >= 0.3 is 0 Å². The fraction of sp³-hybridized carbons (Fsp3) is 0.400. The number of nitrogens with one attached hydrogen (secondary N) is 2. The highest BCUT2D eigenvalue weighted by atomic mass is 16.6. The number of non-ortho nitro benzene ring substituents is 1. The molecule has 1 aliphatic rings. The monoisotopic (exact) mass is 330 g/mol. The lowest BCUT2D eigenvalue weighted by Gasteiger charge is -2.10. The van der Waals surface area contributed by atoms with Gasteiger partial charge in [-0.25, -0.2) is 4.68 Å². The molecule has 2 heterocycles. The largest absolute Gasteiger partial charge is 0.349 e. The predicted octanol–water partition coefficient (Wildman–Crippen LogP) is 0.966. The minimum absolute atomic E-state index is 0.0410. The first-order valence-electron chi connectivity index (χ1n) is 7.75. The summed E-state index contributed by atoms with van der Waals surface area (Å²) in [4.78, 5) is 22.7. The first kappa shape index (κ1) is 16.1. The van der Waals surface area contributed by atoms with Crippen molar-refractivity contribution in [2.75, 3.05) is 13.1 Å². The highest BCUT2D eigenvalue weighted by Gasteiger charge is 2.20. The number of nitrogens with zero attached hydrogens (tertiary/aromatic N) is 4. The molecule has 9 heteroatoms. The maximum Gasteiger partial charge on any atom is 0.273 e. The van der Waals surface area contributed by atoms with Gasteiger partial charge < -0.3 is 10.6 Å². The van der Waals surface area contributed by atoms with E-state index in [2.05, 4.69) is 20.9 Å². The zero-order chi connectivity index (χ0) is 17.1. The number of nitro benzene ring substituents is 1. The van der Waals surface area contributed by atoms with Crippen molar-refractivity contribution in [1.82, 2.24) is 25.6 Å². The standard InChI is InChI=1S/C15H18N6O3/c1-10-14(15(22)17-9-11-4-3-7-16-11)18-19-20(10)12-5-2-6-13(8-12)21(23)24/h2,5-6,8,11,16H,3-4,7,9H2,1H3,(H,17,22). The molecule has 0 saturated carbocycles. The van der Waals surface area contributed by atoms with Crippen LogP contribution in [0.3, 0.4) is 0 Å². The summed E-state index contributed by atoms with van der Waals surface area (Å²) in [7, 11) is 0. The molecule has 1 aromatic carbocycles. The van der Waals surface area contributed by atoms with E-state index in [1.54, 1.807) is 19.1 Å². The van der Waals surface area contributed by atoms with Crippen molar-refractivity contribution >= 4 is 11.6 Å². The summed E-state index contributed by atoms with van der Waals surface area (Å²) in [6, 6.07) is 6.34. The number of carbonyl (C=O) groups is 1. The number of hydrogen-bond donors (Lipinski definition) is 2. The normalized spacial score (nSPS) is 17.0. The molecule has 0 aliphatic carbocycles. The first-order valence-corrected chi connectivity index (χ1v) is 7.75. The Labute approximate surface area is 138 Å². The molecule has 24 heavy (non-hydrogen) atoms. The Kier molecular flexibility index (Phi) is 4.52. The summed E-state index contributed by atoms with van der Waals surface area (Å²) < 4.78 is 1.43. The molecule has 0 bridgehead atoms. The van der Waals surface area contributed by atoms with Gasteiger partial charge in [0.25, 0.3) is 11.6 Å². The van der Waals surface area contributed by atoms with Crippen molar-refractivity contribution in [1.29, 1.82) is 0 Å². The second-order valence-corrected chi connectivity index (χ2v) is 5.72. The van der Waals surface area contributed by atoms with Gasteiger partial charge in [0.15, 0.2) is 5.69 Å². The average Bonchev–Trinajstić information content (AvgIpc) is 3.22. The number of benzene rings is 1. The average molecular weight is 330 g/mol. The third-order valence-corrected chi connectivity index (χ3v) is 4.07. The summed E-state index contributed by atoms with van der Waals surface area (Å²) in [6.45, 7) is 3.23. The van der Waals surface area contributed by atoms with Crippen LogP contribution in [0.25, 0.3) is 5.69 Å². The topological polar surface area (TPSA) is 115 Å². The minimum atomic E-state index is -0.474. The van der Waals surface area contributed by atoms with Crippen molar-refractivity contribution in [2.24, 2.45) is 0 Å². The van der Waals surface area contributed by atoms with Gasteiger partial charge in [-0.2, -0.15) is 0 Å². The molecule has 0 radical (unpaired) electrons. The van der Waals surface area contributed by atoms with E-state index in [1.807, 2.05) is 0 Å². The second kappa shape index (κ2) is 6.75. The Hall–Kier alpha value is -2.81. The molecule has 2 aromatic rings. The van der Waals surface area contributed by atoms with Gasteiger partial charge in [0.05, 0.1) is 16.3 Å². The summed E-state index contributed by atoms with van der Waals surface area (Å²) in [5, 5.41) is 24.9. The zero-order valence-electron chi connectivity index (χ0n) is 13.2. The van der Waals surface area contributed by atoms with E-state index < -0.39 is 4.92 Å². The van der Waals surface area contributed by atoms with Crippen LogP contribution in [0.2, 0.25) is 0 Å². The predicted molar refractivity (Wildman–Crippen MR) is 86.1 cm³/mol. The van der Waals surface area contributed by atoms with Crippen LogP contribution in [0.1, 0.15) is 29.0 Å². The molecule has 126 valence electrons. The highest BCUT2D eigenvalue weighted by molar-refractivity contribution is 5.93. The summed E-state index contributed by atoms with van der Waals surface area (Å²) >= 11 is 0. The van der Waals surface area contributed by atoms with Crippen molar-refractivity contribution < 1.29 is 9.72 Å². The van der Waals surface area contributed by atoms with Gasteiger partial charge in [-0.05, 0) is 32.4 Å². The number of aromatic nitrogens is 3. The van der Waals surface area contributed by atoms with Crippen LogP contribution in [-0.4, -0.2) is 45.0 Å². The quantitative estimate of drug-likeness (QED) is 0.623. The number of hydrogen-bond acceptors (Lipinski definition) is 6. The van der Waals surface area contributed by atoms with Crippen LogP contribution in [0.15, 0.2) is 24.3 Å². The smallest absolute Gasteiger partial charge is 0.273 e. The van der Waals surface area contributed by atoms with E-state index in [1.165, 1.54) is 16.8 Å². The number of rotatable bonds is 5. The van der Waals surface area contributed by atoms with Crippen LogP contribution >= 0.6 is 0 Å². The van der Waals surface area contributed by atoms with E-state index in [9.17, 15) is 14.9 Å². The van der Waals surface area contributed by atoms with Crippen molar-refractivity contribution in [3.8, 4) is 5.69 Å². The molecule has 1 fully saturated rings.